The monoisotopic (exact) mass is 513 g/mol. The first-order chi connectivity index (χ1) is 15.8. The zero-order valence-electron chi connectivity index (χ0n) is 18.5. The fraction of sp³-hybridized carbons (Fsp3) is 0.250. The second kappa shape index (κ2) is 10.9. The van der Waals surface area contributed by atoms with E-state index in [1.165, 1.54) is 0 Å². The van der Waals surface area contributed by atoms with E-state index >= 15 is 0 Å². The molecule has 8 nitrogen and oxygen atoms in total. The molecule has 3 rings (SSSR count). The van der Waals surface area contributed by atoms with Crippen molar-refractivity contribution in [2.45, 2.75) is 26.7 Å². The SMILES string of the molecule is CCOC(=O)c1nn(-c2cccc(Br)c2)c(=O)cc1OCC(=O)Nc1ccc(C(C)C)cc1. The van der Waals surface area contributed by atoms with Gasteiger partial charge in [0, 0.05) is 10.2 Å². The maximum absolute atomic E-state index is 12.7. The molecule has 0 aliphatic rings. The lowest BCUT2D eigenvalue weighted by Crippen LogP contribution is -2.27. The fourth-order valence-corrected chi connectivity index (χ4v) is 3.36. The minimum atomic E-state index is -0.763. The summed E-state index contributed by atoms with van der Waals surface area (Å²) in [6, 6.07) is 15.5. The lowest BCUT2D eigenvalue weighted by molar-refractivity contribution is -0.118. The number of ether oxygens (including phenoxy) is 2. The van der Waals surface area contributed by atoms with Crippen molar-refractivity contribution in [2.24, 2.45) is 0 Å². The normalized spacial score (nSPS) is 10.7. The maximum atomic E-state index is 12.7. The second-order valence-corrected chi connectivity index (χ2v) is 8.34. The van der Waals surface area contributed by atoms with Crippen LogP contribution in [0.1, 0.15) is 42.7 Å². The third-order valence-electron chi connectivity index (χ3n) is 4.64. The minimum absolute atomic E-state index is 0.114. The molecule has 3 aromatic rings. The predicted molar refractivity (Wildman–Crippen MR) is 128 cm³/mol. The molecule has 0 bridgehead atoms. The number of aromatic nitrogens is 2. The maximum Gasteiger partial charge on any atom is 0.362 e. The predicted octanol–water partition coefficient (Wildman–Crippen LogP) is 4.31. The van der Waals surface area contributed by atoms with Crippen molar-refractivity contribution in [3.63, 3.8) is 0 Å². The Balaban J connectivity index is 1.81. The molecule has 0 saturated heterocycles. The Hall–Kier alpha value is -3.46. The number of hydrogen-bond acceptors (Lipinski definition) is 6. The van der Waals surface area contributed by atoms with Crippen LogP contribution in [0.5, 0.6) is 5.75 Å². The standard InChI is InChI=1S/C24H24BrN3O5/c1-4-32-24(31)23-20(13-22(30)28(27-23)19-7-5-6-17(25)12-19)33-14-21(29)26-18-10-8-16(9-11-18)15(2)3/h5-13,15H,4,14H2,1-3H3,(H,26,29). The topological polar surface area (TPSA) is 99.5 Å². The number of hydrogen-bond donors (Lipinski definition) is 1. The average Bonchev–Trinajstić information content (AvgIpc) is 2.78. The molecule has 2 aromatic carbocycles. The highest BCUT2D eigenvalue weighted by atomic mass is 79.9. The van der Waals surface area contributed by atoms with Gasteiger partial charge in [-0.15, -0.1) is 0 Å². The number of esters is 1. The van der Waals surface area contributed by atoms with Crippen molar-refractivity contribution in [1.82, 2.24) is 9.78 Å². The lowest BCUT2D eigenvalue weighted by Gasteiger charge is -2.13. The summed E-state index contributed by atoms with van der Waals surface area (Å²) in [5.41, 5.74) is 1.49. The van der Waals surface area contributed by atoms with Gasteiger partial charge in [-0.1, -0.05) is 48.0 Å². The quantitative estimate of drug-likeness (QED) is 0.450. The minimum Gasteiger partial charge on any atom is -0.481 e. The van der Waals surface area contributed by atoms with Gasteiger partial charge < -0.3 is 14.8 Å². The van der Waals surface area contributed by atoms with Crippen LogP contribution in [0.15, 0.2) is 63.9 Å². The van der Waals surface area contributed by atoms with Gasteiger partial charge in [-0.25, -0.2) is 4.79 Å². The van der Waals surface area contributed by atoms with Crippen LogP contribution in [-0.4, -0.2) is 34.9 Å². The van der Waals surface area contributed by atoms with Crippen LogP contribution in [0.25, 0.3) is 5.69 Å². The van der Waals surface area contributed by atoms with Gasteiger partial charge in [0.25, 0.3) is 11.5 Å². The lowest BCUT2D eigenvalue weighted by atomic mass is 10.0. The van der Waals surface area contributed by atoms with Gasteiger partial charge in [-0.3, -0.25) is 9.59 Å². The number of carbonyl (C=O) groups excluding carboxylic acids is 2. The summed E-state index contributed by atoms with van der Waals surface area (Å²) < 4.78 is 12.4. The van der Waals surface area contributed by atoms with Crippen molar-refractivity contribution in [2.75, 3.05) is 18.5 Å². The molecule has 1 amide bonds. The number of carbonyl (C=O) groups is 2. The highest BCUT2D eigenvalue weighted by Crippen LogP contribution is 2.19. The second-order valence-electron chi connectivity index (χ2n) is 7.42. The first-order valence-corrected chi connectivity index (χ1v) is 11.2. The number of benzene rings is 2. The van der Waals surface area contributed by atoms with Crippen molar-refractivity contribution >= 4 is 33.5 Å². The van der Waals surface area contributed by atoms with E-state index in [4.69, 9.17) is 9.47 Å². The molecule has 0 fully saturated rings. The Morgan fingerprint density at radius 1 is 1.12 bits per heavy atom. The van der Waals surface area contributed by atoms with Crippen molar-refractivity contribution in [3.05, 3.63) is 80.7 Å². The molecule has 1 N–H and O–H groups in total. The Bertz CT molecular complexity index is 1210. The zero-order chi connectivity index (χ0) is 24.0. The van der Waals surface area contributed by atoms with Gasteiger partial charge in [-0.05, 0) is 48.7 Å². The summed E-state index contributed by atoms with van der Waals surface area (Å²) in [6.07, 6.45) is 0. The van der Waals surface area contributed by atoms with Crippen LogP contribution >= 0.6 is 15.9 Å². The van der Waals surface area contributed by atoms with E-state index in [0.29, 0.717) is 17.3 Å². The largest absolute Gasteiger partial charge is 0.481 e. The van der Waals surface area contributed by atoms with Gasteiger partial charge in [0.2, 0.25) is 5.69 Å². The number of amides is 1. The Morgan fingerprint density at radius 3 is 2.48 bits per heavy atom. The van der Waals surface area contributed by atoms with Crippen LogP contribution < -0.4 is 15.6 Å². The first-order valence-electron chi connectivity index (χ1n) is 10.4. The molecular formula is C24H24BrN3O5. The van der Waals surface area contributed by atoms with Crippen molar-refractivity contribution < 1.29 is 19.1 Å². The molecule has 0 radical (unpaired) electrons. The smallest absolute Gasteiger partial charge is 0.362 e. The zero-order valence-corrected chi connectivity index (χ0v) is 20.1. The molecule has 0 aliphatic heterocycles. The van der Waals surface area contributed by atoms with Gasteiger partial charge in [0.15, 0.2) is 12.4 Å². The van der Waals surface area contributed by atoms with Gasteiger partial charge >= 0.3 is 5.97 Å². The Kier molecular flexibility index (Phi) is 8.00. The number of nitrogens with one attached hydrogen (secondary N) is 1. The molecule has 1 aromatic heterocycles. The summed E-state index contributed by atoms with van der Waals surface area (Å²) in [5.74, 6) is -0.958. The van der Waals surface area contributed by atoms with Crippen LogP contribution in [-0.2, 0) is 9.53 Å². The highest BCUT2D eigenvalue weighted by molar-refractivity contribution is 9.10. The van der Waals surface area contributed by atoms with E-state index in [2.05, 4.69) is 40.2 Å². The van der Waals surface area contributed by atoms with Gasteiger partial charge in [0.1, 0.15) is 0 Å². The van der Waals surface area contributed by atoms with E-state index < -0.39 is 24.0 Å². The molecule has 33 heavy (non-hydrogen) atoms. The summed E-state index contributed by atoms with van der Waals surface area (Å²) in [4.78, 5) is 37.5. The van der Waals surface area contributed by atoms with E-state index in [1.54, 1.807) is 43.3 Å². The van der Waals surface area contributed by atoms with Crippen LogP contribution in [0.2, 0.25) is 0 Å². The molecule has 0 saturated carbocycles. The van der Waals surface area contributed by atoms with Crippen molar-refractivity contribution in [3.8, 4) is 11.4 Å². The summed E-state index contributed by atoms with van der Waals surface area (Å²) in [5, 5.41) is 6.86. The van der Waals surface area contributed by atoms with Gasteiger partial charge in [0.05, 0.1) is 18.4 Å². The Morgan fingerprint density at radius 2 is 1.85 bits per heavy atom. The Labute approximate surface area is 199 Å². The van der Waals surface area contributed by atoms with E-state index in [1.807, 2.05) is 12.1 Å². The van der Waals surface area contributed by atoms with Crippen molar-refractivity contribution in [1.29, 1.82) is 0 Å². The number of halogens is 1. The first kappa shape index (κ1) is 24.2. The molecule has 0 unspecified atom stereocenters. The van der Waals surface area contributed by atoms with E-state index in [-0.39, 0.29) is 18.1 Å². The molecule has 0 spiro atoms. The number of anilines is 1. The number of rotatable bonds is 8. The summed E-state index contributed by atoms with van der Waals surface area (Å²) in [6.45, 7) is 5.52. The fourth-order valence-electron chi connectivity index (χ4n) is 2.98. The highest BCUT2D eigenvalue weighted by Gasteiger charge is 2.20. The summed E-state index contributed by atoms with van der Waals surface area (Å²) >= 11 is 3.35. The summed E-state index contributed by atoms with van der Waals surface area (Å²) in [7, 11) is 0. The third kappa shape index (κ3) is 6.29. The third-order valence-corrected chi connectivity index (χ3v) is 5.13. The van der Waals surface area contributed by atoms with Gasteiger partial charge in [-0.2, -0.15) is 9.78 Å². The molecule has 0 aliphatic carbocycles. The molecule has 172 valence electrons. The molecule has 0 atom stereocenters. The van der Waals surface area contributed by atoms with Crippen LogP contribution in [0.4, 0.5) is 5.69 Å². The van der Waals surface area contributed by atoms with E-state index in [9.17, 15) is 14.4 Å². The van der Waals surface area contributed by atoms with Crippen LogP contribution in [0.3, 0.4) is 0 Å². The molecule has 1 heterocycles. The molecule has 9 heteroatoms. The van der Waals surface area contributed by atoms with Crippen LogP contribution in [0, 0.1) is 0 Å². The average molecular weight is 514 g/mol. The molecular weight excluding hydrogens is 490 g/mol. The number of nitrogens with zero attached hydrogens (tertiary/aromatic N) is 2. The van der Waals surface area contributed by atoms with E-state index in [0.717, 1.165) is 20.8 Å².